The number of likely N-dealkylation sites (N-methyl/N-ethyl adjacent to an activating group) is 1. The largest absolute Gasteiger partial charge is 0.369 e. The zero-order valence-electron chi connectivity index (χ0n) is 15.0. The first-order chi connectivity index (χ1) is 12.6. The lowest BCUT2D eigenvalue weighted by Gasteiger charge is -2.35. The third kappa shape index (κ3) is 2.99. The number of imide groups is 1. The number of nitrogens with zero attached hydrogens (tertiary/aromatic N) is 3. The van der Waals surface area contributed by atoms with Crippen molar-refractivity contribution in [1.29, 1.82) is 0 Å². The van der Waals surface area contributed by atoms with Crippen LogP contribution in [0.25, 0.3) is 0 Å². The number of benzene rings is 2. The van der Waals surface area contributed by atoms with E-state index in [0.717, 1.165) is 26.2 Å². The number of carbonyl (C=O) groups is 2. The van der Waals surface area contributed by atoms with Crippen LogP contribution in [0.15, 0.2) is 48.5 Å². The molecule has 1 saturated heterocycles. The van der Waals surface area contributed by atoms with E-state index in [1.165, 1.54) is 16.2 Å². The van der Waals surface area contributed by atoms with E-state index in [2.05, 4.69) is 35.0 Å². The van der Waals surface area contributed by atoms with E-state index in [0.29, 0.717) is 24.1 Å². The molecule has 0 bridgehead atoms. The van der Waals surface area contributed by atoms with Gasteiger partial charge in [-0.1, -0.05) is 30.3 Å². The Hall–Kier alpha value is -2.66. The van der Waals surface area contributed by atoms with Gasteiger partial charge in [-0.3, -0.25) is 14.5 Å². The first-order valence-electron chi connectivity index (χ1n) is 9.12. The smallest absolute Gasteiger partial charge is 0.261 e. The molecule has 2 aromatic rings. The van der Waals surface area contributed by atoms with Gasteiger partial charge in [-0.25, -0.2) is 0 Å². The second-order valence-electron chi connectivity index (χ2n) is 6.98. The molecule has 134 valence electrons. The summed E-state index contributed by atoms with van der Waals surface area (Å²) in [5.41, 5.74) is 3.44. The molecule has 2 amide bonds. The first-order valence-corrected chi connectivity index (χ1v) is 9.12. The highest BCUT2D eigenvalue weighted by Crippen LogP contribution is 2.25. The SMILES string of the molecule is CN1CCN(c2ccccc2CCN2C(=O)c3ccccc3C2=O)CC1. The highest BCUT2D eigenvalue weighted by molar-refractivity contribution is 6.21. The Kier molecular flexibility index (Phi) is 4.47. The zero-order valence-corrected chi connectivity index (χ0v) is 15.0. The van der Waals surface area contributed by atoms with Crippen LogP contribution in [0, 0.1) is 0 Å². The third-order valence-electron chi connectivity index (χ3n) is 5.32. The lowest BCUT2D eigenvalue weighted by molar-refractivity contribution is 0.0656. The molecule has 0 saturated carbocycles. The van der Waals surface area contributed by atoms with Crippen molar-refractivity contribution in [2.75, 3.05) is 44.7 Å². The van der Waals surface area contributed by atoms with Crippen molar-refractivity contribution >= 4 is 17.5 Å². The Morgan fingerprint density at radius 1 is 0.808 bits per heavy atom. The van der Waals surface area contributed by atoms with E-state index in [4.69, 9.17) is 0 Å². The molecule has 0 spiro atoms. The number of hydrogen-bond donors (Lipinski definition) is 0. The molecule has 0 radical (unpaired) electrons. The molecule has 0 atom stereocenters. The van der Waals surface area contributed by atoms with Crippen molar-refractivity contribution in [3.8, 4) is 0 Å². The highest BCUT2D eigenvalue weighted by Gasteiger charge is 2.34. The van der Waals surface area contributed by atoms with Crippen LogP contribution in [0.4, 0.5) is 5.69 Å². The van der Waals surface area contributed by atoms with Gasteiger partial charge in [0.2, 0.25) is 0 Å². The Morgan fingerprint density at radius 3 is 2.04 bits per heavy atom. The molecule has 2 aliphatic heterocycles. The van der Waals surface area contributed by atoms with Crippen molar-refractivity contribution in [2.24, 2.45) is 0 Å². The van der Waals surface area contributed by atoms with Gasteiger partial charge in [0.1, 0.15) is 0 Å². The Bertz CT molecular complexity index is 806. The molecule has 5 nitrogen and oxygen atoms in total. The lowest BCUT2D eigenvalue weighted by atomic mass is 10.1. The molecule has 0 aromatic heterocycles. The quantitative estimate of drug-likeness (QED) is 0.795. The van der Waals surface area contributed by atoms with Crippen molar-refractivity contribution in [3.63, 3.8) is 0 Å². The van der Waals surface area contributed by atoms with Gasteiger partial charge in [-0.15, -0.1) is 0 Å². The van der Waals surface area contributed by atoms with Crippen LogP contribution >= 0.6 is 0 Å². The summed E-state index contributed by atoms with van der Waals surface area (Å²) in [5, 5.41) is 0. The molecule has 0 unspecified atom stereocenters. The molecule has 4 rings (SSSR count). The average molecular weight is 349 g/mol. The van der Waals surface area contributed by atoms with Crippen LogP contribution < -0.4 is 4.90 Å². The summed E-state index contributed by atoms with van der Waals surface area (Å²) in [6, 6.07) is 15.4. The number of piperazine rings is 1. The molecule has 26 heavy (non-hydrogen) atoms. The maximum absolute atomic E-state index is 12.5. The molecular formula is C21H23N3O2. The van der Waals surface area contributed by atoms with Gasteiger partial charge < -0.3 is 9.80 Å². The van der Waals surface area contributed by atoms with E-state index in [1.807, 2.05) is 6.07 Å². The van der Waals surface area contributed by atoms with Crippen LogP contribution in [-0.2, 0) is 6.42 Å². The number of carbonyl (C=O) groups excluding carboxylic acids is 2. The fourth-order valence-electron chi connectivity index (χ4n) is 3.75. The van der Waals surface area contributed by atoms with E-state index in [9.17, 15) is 9.59 Å². The predicted molar refractivity (Wildman–Crippen MR) is 102 cm³/mol. The minimum atomic E-state index is -0.178. The van der Waals surface area contributed by atoms with E-state index >= 15 is 0 Å². The Labute approximate surface area is 153 Å². The summed E-state index contributed by atoms with van der Waals surface area (Å²) in [6.45, 7) is 4.51. The second kappa shape index (κ2) is 6.92. The van der Waals surface area contributed by atoms with E-state index < -0.39 is 0 Å². The summed E-state index contributed by atoms with van der Waals surface area (Å²) in [6.07, 6.45) is 0.675. The van der Waals surface area contributed by atoms with Gasteiger partial charge in [0.05, 0.1) is 11.1 Å². The average Bonchev–Trinajstić information content (AvgIpc) is 2.92. The summed E-state index contributed by atoms with van der Waals surface area (Å²) in [4.78, 5) is 31.2. The highest BCUT2D eigenvalue weighted by atomic mass is 16.2. The number of hydrogen-bond acceptors (Lipinski definition) is 4. The fraction of sp³-hybridized carbons (Fsp3) is 0.333. The summed E-state index contributed by atoms with van der Waals surface area (Å²) >= 11 is 0. The Balaban J connectivity index is 1.49. The van der Waals surface area contributed by atoms with E-state index in [-0.39, 0.29) is 11.8 Å². The van der Waals surface area contributed by atoms with Gasteiger partial charge in [0.15, 0.2) is 0 Å². The third-order valence-corrected chi connectivity index (χ3v) is 5.32. The maximum Gasteiger partial charge on any atom is 0.261 e. The molecule has 2 heterocycles. The standard InChI is InChI=1S/C21H23N3O2/c1-22-12-14-23(15-13-22)19-9-5-2-6-16(19)10-11-24-20(25)17-7-3-4-8-18(17)21(24)26/h2-9H,10-15H2,1H3. The van der Waals surface area contributed by atoms with E-state index in [1.54, 1.807) is 24.3 Å². The first kappa shape index (κ1) is 16.8. The minimum Gasteiger partial charge on any atom is -0.369 e. The number of amides is 2. The molecule has 5 heteroatoms. The summed E-state index contributed by atoms with van der Waals surface area (Å²) in [5.74, 6) is -0.356. The molecule has 2 aromatic carbocycles. The normalized spacial score (nSPS) is 17.7. The van der Waals surface area contributed by atoms with Gasteiger partial charge in [-0.05, 0) is 37.2 Å². The van der Waals surface area contributed by atoms with Crippen LogP contribution in [0.2, 0.25) is 0 Å². The topological polar surface area (TPSA) is 43.9 Å². The van der Waals surface area contributed by atoms with Crippen LogP contribution in [-0.4, -0.2) is 61.4 Å². The summed E-state index contributed by atoms with van der Waals surface area (Å²) < 4.78 is 0. The number of rotatable bonds is 4. The van der Waals surface area contributed by atoms with Crippen LogP contribution in [0.1, 0.15) is 26.3 Å². The molecule has 2 aliphatic rings. The minimum absolute atomic E-state index is 0.178. The molecular weight excluding hydrogens is 326 g/mol. The van der Waals surface area contributed by atoms with Crippen LogP contribution in [0.5, 0.6) is 0 Å². The Morgan fingerprint density at radius 2 is 1.38 bits per heavy atom. The molecule has 0 N–H and O–H groups in total. The van der Waals surface area contributed by atoms with Crippen molar-refractivity contribution in [1.82, 2.24) is 9.80 Å². The lowest BCUT2D eigenvalue weighted by Crippen LogP contribution is -2.44. The second-order valence-corrected chi connectivity index (χ2v) is 6.98. The van der Waals surface area contributed by atoms with Crippen LogP contribution in [0.3, 0.4) is 0 Å². The number of para-hydroxylation sites is 1. The predicted octanol–water partition coefficient (Wildman–Crippen LogP) is 2.28. The van der Waals surface area contributed by atoms with Crippen molar-refractivity contribution in [2.45, 2.75) is 6.42 Å². The monoisotopic (exact) mass is 349 g/mol. The molecule has 1 fully saturated rings. The number of anilines is 1. The fourth-order valence-corrected chi connectivity index (χ4v) is 3.75. The van der Waals surface area contributed by atoms with Crippen molar-refractivity contribution in [3.05, 3.63) is 65.2 Å². The van der Waals surface area contributed by atoms with Gasteiger partial charge in [0, 0.05) is 38.4 Å². The van der Waals surface area contributed by atoms with Gasteiger partial charge >= 0.3 is 0 Å². The summed E-state index contributed by atoms with van der Waals surface area (Å²) in [7, 11) is 2.14. The van der Waals surface area contributed by atoms with Crippen molar-refractivity contribution < 1.29 is 9.59 Å². The zero-order chi connectivity index (χ0) is 18.1. The molecule has 0 aliphatic carbocycles. The van der Waals surface area contributed by atoms with Gasteiger partial charge in [-0.2, -0.15) is 0 Å². The maximum atomic E-state index is 12.5. The van der Waals surface area contributed by atoms with Gasteiger partial charge in [0.25, 0.3) is 11.8 Å². The number of fused-ring (bicyclic) bond motifs is 1.